The van der Waals surface area contributed by atoms with Gasteiger partial charge >= 0.3 is 0 Å². The molecular weight excluding hydrogens is 212 g/mol. The molecule has 1 heterocycles. The standard InChI is InChI=1S/C14H30N2O/c1-12(2)13(3)15-7-8-16(4)10-14-6-5-9-17-11-14/h12-15H,5-11H2,1-4H3. The normalized spacial score (nSPS) is 23.3. The summed E-state index contributed by atoms with van der Waals surface area (Å²) in [5, 5.41) is 3.58. The fourth-order valence-corrected chi connectivity index (χ4v) is 2.20. The average molecular weight is 242 g/mol. The third-order valence-corrected chi connectivity index (χ3v) is 3.78. The van der Waals surface area contributed by atoms with E-state index in [2.05, 4.69) is 38.0 Å². The predicted molar refractivity (Wildman–Crippen MR) is 73.3 cm³/mol. The summed E-state index contributed by atoms with van der Waals surface area (Å²) in [6.07, 6.45) is 2.57. The minimum atomic E-state index is 0.612. The van der Waals surface area contributed by atoms with Crippen LogP contribution in [-0.4, -0.2) is 50.8 Å². The largest absolute Gasteiger partial charge is 0.381 e. The lowest BCUT2D eigenvalue weighted by molar-refractivity contribution is 0.0421. The number of likely N-dealkylation sites (N-methyl/N-ethyl adjacent to an activating group) is 1. The Kier molecular flexibility index (Phi) is 7.09. The zero-order chi connectivity index (χ0) is 12.7. The lowest BCUT2D eigenvalue weighted by atomic mass is 10.0. The molecular formula is C14H30N2O. The first-order valence-corrected chi connectivity index (χ1v) is 7.09. The van der Waals surface area contributed by atoms with E-state index in [-0.39, 0.29) is 0 Å². The highest BCUT2D eigenvalue weighted by Gasteiger charge is 2.15. The Labute approximate surface area is 107 Å². The molecule has 0 bridgehead atoms. The van der Waals surface area contributed by atoms with Gasteiger partial charge in [-0.15, -0.1) is 0 Å². The summed E-state index contributed by atoms with van der Waals surface area (Å²) >= 11 is 0. The SMILES string of the molecule is CC(C)C(C)NCCN(C)CC1CCCOC1. The number of rotatable bonds is 7. The summed E-state index contributed by atoms with van der Waals surface area (Å²) < 4.78 is 5.51. The van der Waals surface area contributed by atoms with Gasteiger partial charge in [-0.3, -0.25) is 0 Å². The molecule has 0 spiro atoms. The second kappa shape index (κ2) is 8.06. The Balaban J connectivity index is 2.06. The summed E-state index contributed by atoms with van der Waals surface area (Å²) in [5.74, 6) is 1.46. The van der Waals surface area contributed by atoms with Crippen molar-refractivity contribution in [1.82, 2.24) is 10.2 Å². The molecule has 3 heteroatoms. The molecule has 1 fully saturated rings. The van der Waals surface area contributed by atoms with E-state index in [9.17, 15) is 0 Å². The van der Waals surface area contributed by atoms with Crippen LogP contribution in [0.2, 0.25) is 0 Å². The molecule has 0 radical (unpaired) electrons. The molecule has 0 aromatic rings. The number of hydrogen-bond acceptors (Lipinski definition) is 3. The quantitative estimate of drug-likeness (QED) is 0.739. The molecule has 17 heavy (non-hydrogen) atoms. The first-order chi connectivity index (χ1) is 8.09. The molecule has 1 N–H and O–H groups in total. The van der Waals surface area contributed by atoms with Crippen LogP contribution in [0.25, 0.3) is 0 Å². The fraction of sp³-hybridized carbons (Fsp3) is 1.00. The van der Waals surface area contributed by atoms with Crippen molar-refractivity contribution in [3.8, 4) is 0 Å². The number of nitrogens with one attached hydrogen (secondary N) is 1. The molecule has 0 saturated carbocycles. The van der Waals surface area contributed by atoms with Crippen LogP contribution >= 0.6 is 0 Å². The summed E-state index contributed by atoms with van der Waals surface area (Å²) in [5.41, 5.74) is 0. The Morgan fingerprint density at radius 2 is 2.12 bits per heavy atom. The van der Waals surface area contributed by atoms with E-state index >= 15 is 0 Å². The van der Waals surface area contributed by atoms with Crippen molar-refractivity contribution in [3.63, 3.8) is 0 Å². The zero-order valence-corrected chi connectivity index (χ0v) is 12.0. The van der Waals surface area contributed by atoms with Gasteiger partial charge in [-0.1, -0.05) is 13.8 Å². The monoisotopic (exact) mass is 242 g/mol. The third kappa shape index (κ3) is 6.39. The molecule has 0 amide bonds. The van der Waals surface area contributed by atoms with Crippen LogP contribution in [-0.2, 0) is 4.74 Å². The summed E-state index contributed by atoms with van der Waals surface area (Å²) in [6.45, 7) is 12.1. The van der Waals surface area contributed by atoms with Crippen molar-refractivity contribution in [3.05, 3.63) is 0 Å². The molecule has 1 saturated heterocycles. The van der Waals surface area contributed by atoms with Crippen molar-refractivity contribution in [2.24, 2.45) is 11.8 Å². The highest BCUT2D eigenvalue weighted by atomic mass is 16.5. The molecule has 102 valence electrons. The van der Waals surface area contributed by atoms with Crippen LogP contribution in [0, 0.1) is 11.8 Å². The van der Waals surface area contributed by atoms with Gasteiger partial charge < -0.3 is 15.0 Å². The molecule has 3 nitrogen and oxygen atoms in total. The topological polar surface area (TPSA) is 24.5 Å². The van der Waals surface area contributed by atoms with Gasteiger partial charge in [-0.2, -0.15) is 0 Å². The zero-order valence-electron chi connectivity index (χ0n) is 12.0. The summed E-state index contributed by atoms with van der Waals surface area (Å²) in [6, 6.07) is 0.612. The van der Waals surface area contributed by atoms with E-state index in [1.54, 1.807) is 0 Å². The second-order valence-corrected chi connectivity index (χ2v) is 5.83. The van der Waals surface area contributed by atoms with Crippen molar-refractivity contribution in [1.29, 1.82) is 0 Å². The summed E-state index contributed by atoms with van der Waals surface area (Å²) in [4.78, 5) is 2.43. The lowest BCUT2D eigenvalue weighted by Crippen LogP contribution is -2.39. The van der Waals surface area contributed by atoms with Crippen LogP contribution in [0.15, 0.2) is 0 Å². The van der Waals surface area contributed by atoms with Gasteiger partial charge in [0.15, 0.2) is 0 Å². The molecule has 1 aliphatic rings. The number of nitrogens with zero attached hydrogens (tertiary/aromatic N) is 1. The Morgan fingerprint density at radius 1 is 1.35 bits per heavy atom. The van der Waals surface area contributed by atoms with E-state index in [0.29, 0.717) is 12.0 Å². The highest BCUT2D eigenvalue weighted by Crippen LogP contribution is 2.14. The molecule has 0 aromatic heterocycles. The molecule has 1 aliphatic heterocycles. The molecule has 0 aliphatic carbocycles. The van der Waals surface area contributed by atoms with E-state index in [1.807, 2.05) is 0 Å². The predicted octanol–water partition coefficient (Wildman–Crippen LogP) is 1.98. The first kappa shape index (κ1) is 14.9. The van der Waals surface area contributed by atoms with Gasteiger partial charge in [-0.05, 0) is 38.6 Å². The third-order valence-electron chi connectivity index (χ3n) is 3.78. The molecule has 1 rings (SSSR count). The van der Waals surface area contributed by atoms with Crippen LogP contribution < -0.4 is 5.32 Å². The van der Waals surface area contributed by atoms with Crippen LogP contribution in [0.3, 0.4) is 0 Å². The average Bonchev–Trinajstić information content (AvgIpc) is 2.30. The van der Waals surface area contributed by atoms with E-state index < -0.39 is 0 Å². The van der Waals surface area contributed by atoms with Gasteiger partial charge in [-0.25, -0.2) is 0 Å². The number of hydrogen-bond donors (Lipinski definition) is 1. The van der Waals surface area contributed by atoms with Crippen molar-refractivity contribution < 1.29 is 4.74 Å². The van der Waals surface area contributed by atoms with Gasteiger partial charge in [0, 0.05) is 32.3 Å². The van der Waals surface area contributed by atoms with Gasteiger partial charge in [0.2, 0.25) is 0 Å². The van der Waals surface area contributed by atoms with Crippen molar-refractivity contribution in [2.75, 3.05) is 39.9 Å². The van der Waals surface area contributed by atoms with Crippen molar-refractivity contribution >= 4 is 0 Å². The lowest BCUT2D eigenvalue weighted by Gasteiger charge is -2.27. The Hall–Kier alpha value is -0.120. The minimum Gasteiger partial charge on any atom is -0.381 e. The van der Waals surface area contributed by atoms with Crippen LogP contribution in [0.1, 0.15) is 33.6 Å². The smallest absolute Gasteiger partial charge is 0.0506 e. The van der Waals surface area contributed by atoms with Gasteiger partial charge in [0.05, 0.1) is 6.61 Å². The van der Waals surface area contributed by atoms with Gasteiger partial charge in [0.25, 0.3) is 0 Å². The number of ether oxygens (including phenoxy) is 1. The second-order valence-electron chi connectivity index (χ2n) is 5.83. The Bertz CT molecular complexity index is 191. The van der Waals surface area contributed by atoms with E-state index in [0.717, 1.165) is 32.2 Å². The van der Waals surface area contributed by atoms with Crippen LogP contribution in [0.5, 0.6) is 0 Å². The van der Waals surface area contributed by atoms with E-state index in [1.165, 1.54) is 19.4 Å². The maximum atomic E-state index is 5.51. The first-order valence-electron chi connectivity index (χ1n) is 7.09. The molecule has 0 aromatic carbocycles. The van der Waals surface area contributed by atoms with E-state index in [4.69, 9.17) is 4.74 Å². The minimum absolute atomic E-state index is 0.612. The van der Waals surface area contributed by atoms with Crippen molar-refractivity contribution in [2.45, 2.75) is 39.7 Å². The molecule has 2 unspecified atom stereocenters. The maximum Gasteiger partial charge on any atom is 0.0506 e. The summed E-state index contributed by atoms with van der Waals surface area (Å²) in [7, 11) is 2.22. The highest BCUT2D eigenvalue weighted by molar-refractivity contribution is 4.69. The maximum absolute atomic E-state index is 5.51. The van der Waals surface area contributed by atoms with Crippen LogP contribution in [0.4, 0.5) is 0 Å². The Morgan fingerprint density at radius 3 is 2.71 bits per heavy atom. The molecule has 2 atom stereocenters. The van der Waals surface area contributed by atoms with Gasteiger partial charge in [0.1, 0.15) is 0 Å². The fourth-order valence-electron chi connectivity index (χ4n) is 2.20.